The molecule has 2 N–H and O–H groups in total. The van der Waals surface area contributed by atoms with Crippen LogP contribution in [0.15, 0.2) is 74.3 Å². The lowest BCUT2D eigenvalue weighted by atomic mass is 10.1. The van der Waals surface area contributed by atoms with E-state index in [-0.39, 0.29) is 5.75 Å². The average molecular weight is 377 g/mol. The Morgan fingerprint density at radius 1 is 1.19 bits per heavy atom. The molecule has 0 unspecified atom stereocenters. The number of phenols is 1. The van der Waals surface area contributed by atoms with Gasteiger partial charge in [0.25, 0.3) is 0 Å². The van der Waals surface area contributed by atoms with Gasteiger partial charge in [-0.3, -0.25) is 5.43 Å². The van der Waals surface area contributed by atoms with Crippen LogP contribution in [0.4, 0.5) is 5.13 Å². The first-order valence-electron chi connectivity index (χ1n) is 8.18. The summed E-state index contributed by atoms with van der Waals surface area (Å²) >= 11 is 1.34. The van der Waals surface area contributed by atoms with Crippen LogP contribution in [0.1, 0.15) is 12.5 Å². The second kappa shape index (κ2) is 7.05. The summed E-state index contributed by atoms with van der Waals surface area (Å²) in [5.41, 5.74) is 5.46. The highest BCUT2D eigenvalue weighted by molar-refractivity contribution is 7.14. The first-order valence-corrected chi connectivity index (χ1v) is 9.06. The Morgan fingerprint density at radius 3 is 2.89 bits per heavy atom. The molecular weight excluding hydrogens is 362 g/mol. The highest BCUT2D eigenvalue weighted by Crippen LogP contribution is 2.25. The number of aromatic nitrogens is 1. The van der Waals surface area contributed by atoms with Gasteiger partial charge in [-0.1, -0.05) is 30.3 Å². The van der Waals surface area contributed by atoms with Crippen molar-refractivity contribution in [3.8, 4) is 17.0 Å². The van der Waals surface area contributed by atoms with Gasteiger partial charge in [-0.15, -0.1) is 11.3 Å². The summed E-state index contributed by atoms with van der Waals surface area (Å²) in [6.07, 6.45) is 0. The number of phenolic OH excluding ortho intramolecular Hbond substituents is 1. The van der Waals surface area contributed by atoms with Crippen molar-refractivity contribution in [2.75, 3.05) is 5.43 Å². The number of benzene rings is 2. The number of hydrazone groups is 1. The number of para-hydroxylation sites is 1. The molecule has 7 heteroatoms. The molecule has 6 nitrogen and oxygen atoms in total. The van der Waals surface area contributed by atoms with Gasteiger partial charge >= 0.3 is 5.63 Å². The third-order valence-corrected chi connectivity index (χ3v) is 4.75. The molecule has 134 valence electrons. The molecule has 4 aromatic rings. The molecule has 0 saturated carbocycles. The summed E-state index contributed by atoms with van der Waals surface area (Å²) in [4.78, 5) is 16.7. The van der Waals surface area contributed by atoms with Crippen molar-refractivity contribution in [1.29, 1.82) is 0 Å². The van der Waals surface area contributed by atoms with Crippen molar-refractivity contribution in [1.82, 2.24) is 4.98 Å². The molecule has 4 rings (SSSR count). The number of nitrogens with zero attached hydrogens (tertiary/aromatic N) is 2. The number of rotatable bonds is 4. The van der Waals surface area contributed by atoms with Gasteiger partial charge in [0.05, 0.1) is 17.0 Å². The topological polar surface area (TPSA) is 87.7 Å². The van der Waals surface area contributed by atoms with Crippen LogP contribution in [0.5, 0.6) is 5.75 Å². The van der Waals surface area contributed by atoms with Crippen LogP contribution in [-0.4, -0.2) is 15.8 Å². The molecule has 0 atom stereocenters. The van der Waals surface area contributed by atoms with Crippen molar-refractivity contribution in [3.63, 3.8) is 0 Å². The molecule has 0 aliphatic carbocycles. The Balaban J connectivity index is 1.60. The summed E-state index contributed by atoms with van der Waals surface area (Å²) in [6, 6.07) is 16.0. The Hall–Kier alpha value is -3.45. The van der Waals surface area contributed by atoms with E-state index in [0.717, 1.165) is 10.9 Å². The van der Waals surface area contributed by atoms with E-state index in [1.165, 1.54) is 11.3 Å². The molecule has 2 aromatic carbocycles. The van der Waals surface area contributed by atoms with E-state index in [1.807, 2.05) is 31.2 Å². The van der Waals surface area contributed by atoms with Gasteiger partial charge in [0.2, 0.25) is 5.13 Å². The van der Waals surface area contributed by atoms with Crippen LogP contribution < -0.4 is 11.1 Å². The third kappa shape index (κ3) is 3.58. The monoisotopic (exact) mass is 377 g/mol. The van der Waals surface area contributed by atoms with E-state index in [9.17, 15) is 9.90 Å². The van der Waals surface area contributed by atoms with Crippen LogP contribution in [0.3, 0.4) is 0 Å². The van der Waals surface area contributed by atoms with E-state index in [2.05, 4.69) is 15.5 Å². The van der Waals surface area contributed by atoms with E-state index < -0.39 is 5.63 Å². The molecule has 2 heterocycles. The second-order valence-electron chi connectivity index (χ2n) is 5.88. The summed E-state index contributed by atoms with van der Waals surface area (Å²) in [5.74, 6) is 0.182. The summed E-state index contributed by atoms with van der Waals surface area (Å²) in [7, 11) is 0. The quantitative estimate of drug-likeness (QED) is 0.311. The number of hydrogen-bond donors (Lipinski definition) is 2. The molecule has 0 aliphatic rings. The Labute approximate surface area is 158 Å². The molecule has 0 bridgehead atoms. The van der Waals surface area contributed by atoms with Crippen LogP contribution in [-0.2, 0) is 0 Å². The summed E-state index contributed by atoms with van der Waals surface area (Å²) in [5, 5.41) is 17.0. The molecule has 0 fully saturated rings. The fourth-order valence-electron chi connectivity index (χ4n) is 2.62. The van der Waals surface area contributed by atoms with Crippen molar-refractivity contribution >= 4 is 33.1 Å². The first-order chi connectivity index (χ1) is 13.1. The molecule has 27 heavy (non-hydrogen) atoms. The van der Waals surface area contributed by atoms with Gasteiger partial charge in [-0.25, -0.2) is 9.78 Å². The lowest BCUT2D eigenvalue weighted by Gasteiger charge is -2.02. The van der Waals surface area contributed by atoms with Gasteiger partial charge < -0.3 is 9.52 Å². The maximum Gasteiger partial charge on any atom is 0.345 e. The Morgan fingerprint density at radius 2 is 2.04 bits per heavy atom. The van der Waals surface area contributed by atoms with E-state index in [1.54, 1.807) is 35.7 Å². The minimum absolute atomic E-state index is 0.182. The molecule has 0 saturated heterocycles. The van der Waals surface area contributed by atoms with Gasteiger partial charge in [0, 0.05) is 16.3 Å². The maximum absolute atomic E-state index is 12.3. The normalized spacial score (nSPS) is 11.7. The Kier molecular flexibility index (Phi) is 4.43. The van der Waals surface area contributed by atoms with Crippen LogP contribution in [0.2, 0.25) is 0 Å². The minimum Gasteiger partial charge on any atom is -0.508 e. The van der Waals surface area contributed by atoms with Crippen molar-refractivity contribution in [2.45, 2.75) is 6.92 Å². The highest BCUT2D eigenvalue weighted by Gasteiger charge is 2.11. The summed E-state index contributed by atoms with van der Waals surface area (Å²) < 4.78 is 5.36. The van der Waals surface area contributed by atoms with E-state index in [0.29, 0.717) is 27.7 Å². The number of nitrogens with one attached hydrogen (secondary N) is 1. The number of anilines is 1. The molecule has 2 aromatic heterocycles. The van der Waals surface area contributed by atoms with Crippen molar-refractivity contribution < 1.29 is 9.52 Å². The predicted molar refractivity (Wildman–Crippen MR) is 108 cm³/mol. The zero-order valence-electron chi connectivity index (χ0n) is 14.3. The van der Waals surface area contributed by atoms with Crippen LogP contribution in [0.25, 0.3) is 22.2 Å². The standard InChI is InChI=1S/C20H15N3O3S/c1-12(13-6-4-7-15(24)9-13)22-23-20-21-17(11-27-20)16-10-14-5-2-3-8-18(14)26-19(16)25/h2-11,24H,1H3,(H,21,23)/b22-12+. The zero-order valence-corrected chi connectivity index (χ0v) is 15.2. The molecule has 0 amide bonds. The average Bonchev–Trinajstić information content (AvgIpc) is 3.14. The minimum atomic E-state index is -0.426. The van der Waals surface area contributed by atoms with Gasteiger partial charge in [0.15, 0.2) is 0 Å². The van der Waals surface area contributed by atoms with E-state index >= 15 is 0 Å². The van der Waals surface area contributed by atoms with Crippen molar-refractivity contribution in [2.24, 2.45) is 5.10 Å². The number of thiazole rings is 1. The molecule has 0 spiro atoms. The predicted octanol–water partition coefficient (Wildman–Crippen LogP) is 4.46. The van der Waals surface area contributed by atoms with Crippen LogP contribution >= 0.6 is 11.3 Å². The number of fused-ring (bicyclic) bond motifs is 1. The SMILES string of the molecule is C/C(=N\Nc1nc(-c2cc3ccccc3oc2=O)cs1)c1cccc(O)c1. The van der Waals surface area contributed by atoms with Gasteiger partial charge in [-0.05, 0) is 31.2 Å². The largest absolute Gasteiger partial charge is 0.508 e. The maximum atomic E-state index is 12.3. The zero-order chi connectivity index (χ0) is 18.8. The molecule has 0 radical (unpaired) electrons. The fourth-order valence-corrected chi connectivity index (χ4v) is 3.27. The van der Waals surface area contributed by atoms with Crippen molar-refractivity contribution in [3.05, 3.63) is 76.0 Å². The fraction of sp³-hybridized carbons (Fsp3) is 0.0500. The Bertz CT molecular complexity index is 1210. The smallest absolute Gasteiger partial charge is 0.345 e. The first kappa shape index (κ1) is 17.0. The lowest BCUT2D eigenvalue weighted by Crippen LogP contribution is -2.03. The second-order valence-corrected chi connectivity index (χ2v) is 6.74. The lowest BCUT2D eigenvalue weighted by molar-refractivity contribution is 0.475. The van der Waals surface area contributed by atoms with E-state index in [4.69, 9.17) is 4.42 Å². The molecule has 0 aliphatic heterocycles. The van der Waals surface area contributed by atoms with Gasteiger partial charge in [0.1, 0.15) is 11.3 Å². The van der Waals surface area contributed by atoms with Crippen LogP contribution in [0, 0.1) is 0 Å². The number of hydrogen-bond acceptors (Lipinski definition) is 7. The molecular formula is C20H15N3O3S. The highest BCUT2D eigenvalue weighted by atomic mass is 32.1. The summed E-state index contributed by atoms with van der Waals surface area (Å²) in [6.45, 7) is 1.83. The third-order valence-electron chi connectivity index (χ3n) is 4.00. The van der Waals surface area contributed by atoms with Gasteiger partial charge in [-0.2, -0.15) is 5.10 Å². The number of aromatic hydroxyl groups is 1.